The van der Waals surface area contributed by atoms with E-state index in [2.05, 4.69) is 36.1 Å². The summed E-state index contributed by atoms with van der Waals surface area (Å²) in [5.41, 5.74) is 1.92. The predicted octanol–water partition coefficient (Wildman–Crippen LogP) is 5.80. The molecule has 4 aromatic rings. The topological polar surface area (TPSA) is 134 Å². The summed E-state index contributed by atoms with van der Waals surface area (Å²) in [6.07, 6.45) is 0. The molecule has 31 heavy (non-hydrogen) atoms. The molecular formula is C20H14BrN5O4S. The first-order chi connectivity index (χ1) is 14.8. The van der Waals surface area contributed by atoms with E-state index in [0.717, 1.165) is 26.0 Å². The lowest BCUT2D eigenvalue weighted by atomic mass is 10.2. The van der Waals surface area contributed by atoms with Crippen molar-refractivity contribution in [3.63, 3.8) is 0 Å². The van der Waals surface area contributed by atoms with Crippen molar-refractivity contribution in [1.29, 1.82) is 0 Å². The molecule has 2 aromatic carbocycles. The number of aromatic nitrogens is 2. The van der Waals surface area contributed by atoms with Crippen LogP contribution in [0, 0.1) is 17.0 Å². The van der Waals surface area contributed by atoms with Crippen LogP contribution in [0.2, 0.25) is 0 Å². The van der Waals surface area contributed by atoms with Crippen molar-refractivity contribution in [2.45, 2.75) is 11.8 Å². The number of carbonyl (C=O) groups excluding carboxylic acids is 1. The van der Waals surface area contributed by atoms with Crippen LogP contribution in [0.3, 0.4) is 0 Å². The van der Waals surface area contributed by atoms with Crippen LogP contribution in [0.25, 0.3) is 21.8 Å². The summed E-state index contributed by atoms with van der Waals surface area (Å²) in [5.74, 6) is -0.806. The number of halogens is 1. The summed E-state index contributed by atoms with van der Waals surface area (Å²) in [5, 5.41) is 29.8. The summed E-state index contributed by atoms with van der Waals surface area (Å²) in [4.78, 5) is 30.8. The lowest BCUT2D eigenvalue weighted by molar-refractivity contribution is -0.384. The molecule has 0 fully saturated rings. The number of hydrogen-bond donors (Lipinski definition) is 2. The second-order valence-corrected chi connectivity index (χ2v) is 8.55. The molecule has 0 atom stereocenters. The highest BCUT2D eigenvalue weighted by Gasteiger charge is 2.15. The van der Waals surface area contributed by atoms with E-state index in [1.807, 2.05) is 31.2 Å². The number of aromatic amines is 1. The molecule has 2 heterocycles. The Labute approximate surface area is 187 Å². The second kappa shape index (κ2) is 8.44. The van der Waals surface area contributed by atoms with E-state index in [9.17, 15) is 20.0 Å². The van der Waals surface area contributed by atoms with Gasteiger partial charge in [0.15, 0.2) is 5.69 Å². The highest BCUT2D eigenvalue weighted by atomic mass is 79.9. The highest BCUT2D eigenvalue weighted by molar-refractivity contribution is 9.10. The summed E-state index contributed by atoms with van der Waals surface area (Å²) in [6.45, 7) is 1.88. The molecule has 0 bridgehead atoms. The maximum Gasteiger partial charge on any atom is 0.274 e. The number of amides is 1. The lowest BCUT2D eigenvalue weighted by Crippen LogP contribution is -1.96. The molecule has 0 aliphatic carbocycles. The number of pyridine rings is 1. The molecule has 0 saturated carbocycles. The van der Waals surface area contributed by atoms with Crippen LogP contribution in [0.15, 0.2) is 62.1 Å². The molecule has 2 aromatic heterocycles. The van der Waals surface area contributed by atoms with Gasteiger partial charge in [-0.2, -0.15) is 0 Å². The molecule has 0 aliphatic heterocycles. The number of non-ortho nitro benzene ring substituents is 1. The Kier molecular flexibility index (Phi) is 5.70. The summed E-state index contributed by atoms with van der Waals surface area (Å²) in [7, 11) is 0. The van der Waals surface area contributed by atoms with Gasteiger partial charge in [0.1, 0.15) is 0 Å². The van der Waals surface area contributed by atoms with Gasteiger partial charge in [-0.15, -0.1) is 22.0 Å². The van der Waals surface area contributed by atoms with Crippen molar-refractivity contribution < 1.29 is 14.8 Å². The van der Waals surface area contributed by atoms with E-state index in [-0.39, 0.29) is 23.0 Å². The summed E-state index contributed by atoms with van der Waals surface area (Å²) < 4.78 is 0.905. The van der Waals surface area contributed by atoms with Gasteiger partial charge in [-0.05, 0) is 37.3 Å². The number of nitro benzene ring substituents is 1. The number of azo groups is 1. The van der Waals surface area contributed by atoms with Crippen molar-refractivity contribution >= 4 is 66.8 Å². The molecule has 156 valence electrons. The maximum atomic E-state index is 12.3. The van der Waals surface area contributed by atoms with Gasteiger partial charge in [-0.3, -0.25) is 19.9 Å². The molecule has 9 nitrogen and oxygen atoms in total. The Balaban J connectivity index is 1.56. The lowest BCUT2D eigenvalue weighted by Gasteiger charge is -2.07. The highest BCUT2D eigenvalue weighted by Crippen LogP contribution is 2.37. The number of nitrogens with one attached hydrogen (secondary N) is 1. The van der Waals surface area contributed by atoms with Crippen molar-refractivity contribution in [2.24, 2.45) is 10.2 Å². The molecule has 11 heteroatoms. The molecule has 0 spiro atoms. The number of nitrogens with zero attached hydrogens (tertiary/aromatic N) is 4. The van der Waals surface area contributed by atoms with E-state index < -0.39 is 10.8 Å². The third-order valence-corrected chi connectivity index (χ3v) is 5.95. The van der Waals surface area contributed by atoms with E-state index >= 15 is 0 Å². The maximum absolute atomic E-state index is 12.3. The SMILES string of the molecule is Cc1cc(SCC(=O)N=Nc2c(O)[nH]c3ccc([N+](=O)[O-])cc23)c2cc(Br)ccc2n1. The number of benzene rings is 2. The smallest absolute Gasteiger partial charge is 0.274 e. The number of hydrogen-bond acceptors (Lipinski definition) is 7. The number of aryl methyl sites for hydroxylation is 1. The number of H-pyrrole nitrogens is 1. The zero-order chi connectivity index (χ0) is 22.1. The first-order valence-electron chi connectivity index (χ1n) is 8.95. The fourth-order valence-corrected chi connectivity index (χ4v) is 4.32. The number of thioether (sulfide) groups is 1. The second-order valence-electron chi connectivity index (χ2n) is 6.61. The third-order valence-electron chi connectivity index (χ3n) is 4.42. The Morgan fingerprint density at radius 1 is 1.26 bits per heavy atom. The van der Waals surface area contributed by atoms with Crippen LogP contribution >= 0.6 is 27.7 Å². The van der Waals surface area contributed by atoms with Gasteiger partial charge in [0.2, 0.25) is 5.88 Å². The molecule has 0 saturated heterocycles. The average molecular weight is 500 g/mol. The average Bonchev–Trinajstić information content (AvgIpc) is 3.04. The van der Waals surface area contributed by atoms with E-state index in [1.165, 1.54) is 30.0 Å². The Morgan fingerprint density at radius 3 is 2.84 bits per heavy atom. The van der Waals surface area contributed by atoms with Crippen molar-refractivity contribution in [1.82, 2.24) is 9.97 Å². The largest absolute Gasteiger partial charge is 0.493 e. The first kappa shape index (κ1) is 20.9. The van der Waals surface area contributed by atoms with Crippen LogP contribution in [0.4, 0.5) is 11.4 Å². The van der Waals surface area contributed by atoms with E-state index in [0.29, 0.717) is 10.9 Å². The number of fused-ring (bicyclic) bond motifs is 2. The minimum absolute atomic E-state index is 0.0221. The number of rotatable bonds is 5. The summed E-state index contributed by atoms with van der Waals surface area (Å²) >= 11 is 4.75. The van der Waals surface area contributed by atoms with Gasteiger partial charge in [0, 0.05) is 38.0 Å². The molecule has 0 unspecified atom stereocenters. The monoisotopic (exact) mass is 499 g/mol. The molecule has 2 N–H and O–H groups in total. The predicted molar refractivity (Wildman–Crippen MR) is 121 cm³/mol. The molecule has 4 rings (SSSR count). The molecule has 0 aliphatic rings. The molecule has 1 amide bonds. The van der Waals surface area contributed by atoms with Gasteiger partial charge < -0.3 is 10.1 Å². The van der Waals surface area contributed by atoms with Crippen LogP contribution in [-0.2, 0) is 4.79 Å². The molecular weight excluding hydrogens is 486 g/mol. The first-order valence-corrected chi connectivity index (χ1v) is 10.7. The summed E-state index contributed by atoms with van der Waals surface area (Å²) in [6, 6.07) is 11.7. The number of carbonyl (C=O) groups is 1. The van der Waals surface area contributed by atoms with Crippen LogP contribution in [0.5, 0.6) is 5.88 Å². The Morgan fingerprint density at radius 2 is 2.06 bits per heavy atom. The fraction of sp³-hybridized carbons (Fsp3) is 0.100. The van der Waals surface area contributed by atoms with Gasteiger partial charge in [0.05, 0.1) is 21.7 Å². The van der Waals surface area contributed by atoms with Crippen molar-refractivity contribution in [3.05, 3.63) is 62.7 Å². The van der Waals surface area contributed by atoms with E-state index in [1.54, 1.807) is 0 Å². The van der Waals surface area contributed by atoms with Crippen molar-refractivity contribution in [3.8, 4) is 5.88 Å². The Hall–Kier alpha value is -3.31. The van der Waals surface area contributed by atoms with Gasteiger partial charge in [0.25, 0.3) is 11.6 Å². The quantitative estimate of drug-likeness (QED) is 0.154. The van der Waals surface area contributed by atoms with Crippen LogP contribution in [0.1, 0.15) is 5.69 Å². The fourth-order valence-electron chi connectivity index (χ4n) is 3.05. The van der Waals surface area contributed by atoms with Crippen molar-refractivity contribution in [2.75, 3.05) is 5.75 Å². The van der Waals surface area contributed by atoms with E-state index in [4.69, 9.17) is 0 Å². The number of aromatic hydroxyl groups is 1. The van der Waals surface area contributed by atoms with Gasteiger partial charge in [-0.25, -0.2) is 0 Å². The normalized spacial score (nSPS) is 11.5. The molecule has 0 radical (unpaired) electrons. The zero-order valence-corrected chi connectivity index (χ0v) is 18.4. The number of nitro groups is 1. The van der Waals surface area contributed by atoms with Gasteiger partial charge in [-0.1, -0.05) is 15.9 Å². The third kappa shape index (κ3) is 4.42. The zero-order valence-electron chi connectivity index (χ0n) is 16.0. The Bertz CT molecular complexity index is 1390. The van der Waals surface area contributed by atoms with Gasteiger partial charge >= 0.3 is 0 Å². The van der Waals surface area contributed by atoms with Crippen LogP contribution in [-0.4, -0.2) is 31.7 Å². The standard InChI is InChI=1S/C20H14BrN5O4S/c1-10-6-17(13-7-11(21)2-4-15(13)22-10)31-9-18(27)24-25-19-14-8-12(26(29)30)3-5-16(14)23-20(19)28/h2-8,23,28H,9H2,1H3. The van der Waals surface area contributed by atoms with Crippen LogP contribution < -0.4 is 0 Å². The minimum Gasteiger partial charge on any atom is -0.493 e. The minimum atomic E-state index is -0.550.